The second kappa shape index (κ2) is 8.31. The first kappa shape index (κ1) is 20.2. The predicted octanol–water partition coefficient (Wildman–Crippen LogP) is 4.83. The van der Waals surface area contributed by atoms with Crippen LogP contribution in [0.1, 0.15) is 37.8 Å². The van der Waals surface area contributed by atoms with Gasteiger partial charge in [-0.25, -0.2) is 9.59 Å². The zero-order valence-electron chi connectivity index (χ0n) is 17.0. The Morgan fingerprint density at radius 2 is 1.97 bits per heavy atom. The van der Waals surface area contributed by atoms with Crippen molar-refractivity contribution in [2.75, 3.05) is 7.11 Å². The van der Waals surface area contributed by atoms with Gasteiger partial charge in [-0.15, -0.1) is 0 Å². The SMILES string of the molecule is COC(=O)c1ccc(N=Cc2cn(Cc3ccc(C(=O)O)o3)c3ccccc23)c(C)c1. The number of fused-ring (bicyclic) bond motifs is 1. The fourth-order valence-corrected chi connectivity index (χ4v) is 3.44. The van der Waals surface area contributed by atoms with Crippen LogP contribution in [-0.2, 0) is 11.3 Å². The van der Waals surface area contributed by atoms with E-state index in [0.717, 1.165) is 27.7 Å². The molecule has 4 rings (SSSR count). The maximum absolute atomic E-state index is 11.7. The Kier molecular flexibility index (Phi) is 5.41. The minimum Gasteiger partial charge on any atom is -0.475 e. The Balaban J connectivity index is 1.65. The normalized spacial score (nSPS) is 11.3. The molecule has 7 nitrogen and oxygen atoms in total. The minimum absolute atomic E-state index is 0.0841. The molecule has 0 atom stereocenters. The van der Waals surface area contributed by atoms with E-state index >= 15 is 0 Å². The highest BCUT2D eigenvalue weighted by Gasteiger charge is 2.12. The highest BCUT2D eigenvalue weighted by molar-refractivity contribution is 6.00. The van der Waals surface area contributed by atoms with Crippen LogP contribution in [0.2, 0.25) is 0 Å². The highest BCUT2D eigenvalue weighted by atomic mass is 16.5. The number of esters is 1. The lowest BCUT2D eigenvalue weighted by Crippen LogP contribution is -2.00. The van der Waals surface area contributed by atoms with E-state index in [-0.39, 0.29) is 11.7 Å². The summed E-state index contributed by atoms with van der Waals surface area (Å²) in [6.45, 7) is 2.29. The molecule has 2 aromatic carbocycles. The molecule has 0 bridgehead atoms. The van der Waals surface area contributed by atoms with Gasteiger partial charge >= 0.3 is 11.9 Å². The number of carboxylic acid groups (broad SMARTS) is 1. The molecule has 0 aliphatic carbocycles. The monoisotopic (exact) mass is 416 g/mol. The molecular formula is C24H20N2O5. The zero-order chi connectivity index (χ0) is 22.0. The molecule has 0 saturated heterocycles. The molecule has 2 heterocycles. The van der Waals surface area contributed by atoms with Crippen LogP contribution in [0.25, 0.3) is 10.9 Å². The average Bonchev–Trinajstić information content (AvgIpc) is 3.38. The third-order valence-electron chi connectivity index (χ3n) is 4.98. The van der Waals surface area contributed by atoms with Gasteiger partial charge in [0.05, 0.1) is 24.9 Å². The standard InChI is InChI=1S/C24H20N2O5/c1-15-11-16(24(29)30-2)7-9-20(15)25-12-17-13-26(21-6-4-3-5-19(17)21)14-18-8-10-22(31-18)23(27)28/h3-13H,14H2,1-2H3,(H,27,28). The number of para-hydroxylation sites is 1. The molecule has 2 aromatic heterocycles. The quantitative estimate of drug-likeness (QED) is 0.359. The Labute approximate surface area is 178 Å². The number of benzene rings is 2. The number of nitrogens with zero attached hydrogens (tertiary/aromatic N) is 2. The molecule has 0 unspecified atom stereocenters. The van der Waals surface area contributed by atoms with Crippen molar-refractivity contribution in [3.05, 3.63) is 89.0 Å². The van der Waals surface area contributed by atoms with Crippen molar-refractivity contribution < 1.29 is 23.8 Å². The summed E-state index contributed by atoms with van der Waals surface area (Å²) in [5.41, 5.74) is 3.99. The number of carboxylic acids is 1. The van der Waals surface area contributed by atoms with Crippen molar-refractivity contribution in [2.24, 2.45) is 4.99 Å². The molecule has 0 fully saturated rings. The number of furan rings is 1. The van der Waals surface area contributed by atoms with Crippen LogP contribution in [0, 0.1) is 6.92 Å². The van der Waals surface area contributed by atoms with Crippen LogP contribution in [0.15, 0.2) is 70.2 Å². The van der Waals surface area contributed by atoms with Gasteiger partial charge in [-0.3, -0.25) is 4.99 Å². The average molecular weight is 416 g/mol. The lowest BCUT2D eigenvalue weighted by atomic mass is 10.1. The number of carbonyl (C=O) groups is 2. The summed E-state index contributed by atoms with van der Waals surface area (Å²) < 4.78 is 12.1. The van der Waals surface area contributed by atoms with Gasteiger partial charge in [0.15, 0.2) is 0 Å². The summed E-state index contributed by atoms with van der Waals surface area (Å²) in [5, 5.41) is 10.1. The molecule has 4 aromatic rings. The molecule has 0 saturated carbocycles. The largest absolute Gasteiger partial charge is 0.475 e. The smallest absolute Gasteiger partial charge is 0.371 e. The van der Waals surface area contributed by atoms with E-state index < -0.39 is 5.97 Å². The van der Waals surface area contributed by atoms with Gasteiger partial charge < -0.3 is 18.8 Å². The molecular weight excluding hydrogens is 396 g/mol. The second-order valence-corrected chi connectivity index (χ2v) is 7.05. The van der Waals surface area contributed by atoms with Crippen molar-refractivity contribution in [3.63, 3.8) is 0 Å². The second-order valence-electron chi connectivity index (χ2n) is 7.05. The summed E-state index contributed by atoms with van der Waals surface area (Å²) in [4.78, 5) is 27.4. The van der Waals surface area contributed by atoms with Gasteiger partial charge in [0.2, 0.25) is 5.76 Å². The number of aromatic nitrogens is 1. The maximum atomic E-state index is 11.7. The molecule has 156 valence electrons. The molecule has 1 N–H and O–H groups in total. The third-order valence-corrected chi connectivity index (χ3v) is 4.98. The molecule has 7 heteroatoms. The molecule has 0 aliphatic heterocycles. The van der Waals surface area contributed by atoms with Crippen LogP contribution >= 0.6 is 0 Å². The van der Waals surface area contributed by atoms with Crippen LogP contribution in [0.4, 0.5) is 5.69 Å². The van der Waals surface area contributed by atoms with E-state index in [1.165, 1.54) is 13.2 Å². The lowest BCUT2D eigenvalue weighted by Gasteiger charge is -2.03. The zero-order valence-corrected chi connectivity index (χ0v) is 17.0. The predicted molar refractivity (Wildman–Crippen MR) is 116 cm³/mol. The number of ether oxygens (including phenoxy) is 1. The van der Waals surface area contributed by atoms with Gasteiger partial charge in [-0.2, -0.15) is 0 Å². The number of methoxy groups -OCH3 is 1. The van der Waals surface area contributed by atoms with E-state index in [9.17, 15) is 9.59 Å². The first-order valence-electron chi connectivity index (χ1n) is 9.59. The summed E-state index contributed by atoms with van der Waals surface area (Å²) in [5.74, 6) is -1.01. The van der Waals surface area contributed by atoms with E-state index in [2.05, 4.69) is 4.99 Å². The lowest BCUT2D eigenvalue weighted by molar-refractivity contribution is 0.0599. The summed E-state index contributed by atoms with van der Waals surface area (Å²) in [7, 11) is 1.35. The fourth-order valence-electron chi connectivity index (χ4n) is 3.44. The number of aromatic carboxylic acids is 1. The summed E-state index contributed by atoms with van der Waals surface area (Å²) in [6.07, 6.45) is 3.74. The number of aliphatic imine (C=N–C) groups is 1. The maximum Gasteiger partial charge on any atom is 0.371 e. The Bertz CT molecular complexity index is 1310. The van der Waals surface area contributed by atoms with Gasteiger partial charge in [0.25, 0.3) is 0 Å². The number of rotatable bonds is 6. The molecule has 31 heavy (non-hydrogen) atoms. The van der Waals surface area contributed by atoms with Crippen molar-refractivity contribution in [3.8, 4) is 0 Å². The number of hydrogen-bond donors (Lipinski definition) is 1. The number of carbonyl (C=O) groups excluding carboxylic acids is 1. The van der Waals surface area contributed by atoms with E-state index in [0.29, 0.717) is 17.9 Å². The van der Waals surface area contributed by atoms with Crippen LogP contribution in [0.5, 0.6) is 0 Å². The minimum atomic E-state index is -1.09. The summed E-state index contributed by atoms with van der Waals surface area (Å²) in [6, 6.07) is 16.2. The van der Waals surface area contributed by atoms with Gasteiger partial charge in [0, 0.05) is 28.9 Å². The van der Waals surface area contributed by atoms with Crippen molar-refractivity contribution >= 4 is 34.7 Å². The van der Waals surface area contributed by atoms with Crippen molar-refractivity contribution in [1.82, 2.24) is 4.57 Å². The first-order chi connectivity index (χ1) is 15.0. The Morgan fingerprint density at radius 3 is 2.68 bits per heavy atom. The van der Waals surface area contributed by atoms with Gasteiger partial charge in [-0.05, 0) is 48.9 Å². The van der Waals surface area contributed by atoms with E-state index in [1.807, 2.05) is 42.0 Å². The number of aryl methyl sites for hydroxylation is 1. The molecule has 0 aliphatic rings. The van der Waals surface area contributed by atoms with Crippen LogP contribution < -0.4 is 0 Å². The van der Waals surface area contributed by atoms with Gasteiger partial charge in [-0.1, -0.05) is 18.2 Å². The Morgan fingerprint density at radius 1 is 1.16 bits per heavy atom. The van der Waals surface area contributed by atoms with Crippen molar-refractivity contribution in [1.29, 1.82) is 0 Å². The van der Waals surface area contributed by atoms with Crippen LogP contribution in [-0.4, -0.2) is 34.9 Å². The highest BCUT2D eigenvalue weighted by Crippen LogP contribution is 2.24. The molecule has 0 radical (unpaired) electrons. The first-order valence-corrected chi connectivity index (χ1v) is 9.59. The summed E-state index contributed by atoms with van der Waals surface area (Å²) >= 11 is 0. The third kappa shape index (κ3) is 4.11. The number of hydrogen-bond acceptors (Lipinski definition) is 5. The van der Waals surface area contributed by atoms with E-state index in [4.69, 9.17) is 14.3 Å². The fraction of sp³-hybridized carbons (Fsp3) is 0.125. The molecule has 0 amide bonds. The molecule has 0 spiro atoms. The van der Waals surface area contributed by atoms with Gasteiger partial charge in [0.1, 0.15) is 5.76 Å². The van der Waals surface area contributed by atoms with Crippen LogP contribution in [0.3, 0.4) is 0 Å². The Hall–Kier alpha value is -4.13. The van der Waals surface area contributed by atoms with E-state index in [1.54, 1.807) is 30.5 Å². The van der Waals surface area contributed by atoms with Crippen molar-refractivity contribution in [2.45, 2.75) is 13.5 Å². The topological polar surface area (TPSA) is 94.0 Å².